The lowest BCUT2D eigenvalue weighted by Gasteiger charge is -2.32. The number of rotatable bonds is 7. The SMILES string of the molecule is COc1cnc(O[C@@H]2C[C@H]3C(=O)N[C@]4(C(=O)NS(=O)(=O)C5CC5)C[C@H]4/C=C\C(C)CCC[C@@H](C)[C@H](NC(=O)OC(C)(C)C)C(=O)N3C2)c2cccc(Cl)c12. The van der Waals surface area contributed by atoms with Gasteiger partial charge in [0.25, 0.3) is 5.91 Å². The van der Waals surface area contributed by atoms with Crippen LogP contribution >= 0.6 is 11.6 Å². The number of allylic oxidation sites excluding steroid dienone is 1. The number of hydrogen-bond acceptors (Lipinski definition) is 10. The van der Waals surface area contributed by atoms with E-state index in [1.54, 1.807) is 39.0 Å². The summed E-state index contributed by atoms with van der Waals surface area (Å²) in [6.07, 6.45) is 7.03. The van der Waals surface area contributed by atoms with Crippen LogP contribution in [0.2, 0.25) is 5.02 Å². The van der Waals surface area contributed by atoms with E-state index in [-0.39, 0.29) is 37.1 Å². The minimum Gasteiger partial charge on any atom is -0.494 e. The van der Waals surface area contributed by atoms with Crippen molar-refractivity contribution in [2.75, 3.05) is 13.7 Å². The third-order valence-corrected chi connectivity index (χ3v) is 12.7. The van der Waals surface area contributed by atoms with Gasteiger partial charge in [-0.25, -0.2) is 18.2 Å². The molecule has 3 heterocycles. The van der Waals surface area contributed by atoms with Gasteiger partial charge in [-0.3, -0.25) is 19.1 Å². The number of pyridine rings is 1. The smallest absolute Gasteiger partial charge is 0.408 e. The summed E-state index contributed by atoms with van der Waals surface area (Å²) in [5.74, 6) is -2.01. The highest BCUT2D eigenvalue weighted by Crippen LogP contribution is 2.46. The van der Waals surface area contributed by atoms with Gasteiger partial charge in [-0.15, -0.1) is 0 Å². The molecule has 4 amide bonds. The summed E-state index contributed by atoms with van der Waals surface area (Å²) >= 11 is 6.54. The van der Waals surface area contributed by atoms with Gasteiger partial charge in [0.2, 0.25) is 27.7 Å². The van der Waals surface area contributed by atoms with Crippen LogP contribution in [0.5, 0.6) is 11.6 Å². The maximum atomic E-state index is 14.7. The largest absolute Gasteiger partial charge is 0.494 e. The predicted molar refractivity (Wildman–Crippen MR) is 201 cm³/mol. The van der Waals surface area contributed by atoms with Crippen molar-refractivity contribution in [2.24, 2.45) is 17.8 Å². The Morgan fingerprint density at radius 1 is 1.09 bits per heavy atom. The number of nitrogens with zero attached hydrogens (tertiary/aromatic N) is 2. The van der Waals surface area contributed by atoms with E-state index in [0.29, 0.717) is 40.8 Å². The van der Waals surface area contributed by atoms with E-state index in [4.69, 9.17) is 25.8 Å². The highest BCUT2D eigenvalue weighted by atomic mass is 35.5. The Hall–Kier alpha value is -4.11. The molecule has 2 aromatic rings. The van der Waals surface area contributed by atoms with Crippen molar-refractivity contribution in [1.29, 1.82) is 0 Å². The second kappa shape index (κ2) is 15.2. The number of methoxy groups -OCH3 is 1. The van der Waals surface area contributed by atoms with Gasteiger partial charge < -0.3 is 29.7 Å². The normalized spacial score (nSPS) is 29.8. The number of nitrogens with one attached hydrogen (secondary N) is 3. The molecule has 6 rings (SSSR count). The average Bonchev–Trinajstić information content (AvgIpc) is 4.02. The van der Waals surface area contributed by atoms with Crippen molar-refractivity contribution in [2.45, 2.75) is 114 Å². The lowest BCUT2D eigenvalue weighted by molar-refractivity contribution is -0.142. The molecule has 16 heteroatoms. The van der Waals surface area contributed by atoms with Gasteiger partial charge in [-0.1, -0.05) is 50.1 Å². The van der Waals surface area contributed by atoms with Crippen molar-refractivity contribution in [3.63, 3.8) is 0 Å². The molecule has 7 atom stereocenters. The minimum absolute atomic E-state index is 0.0104. The van der Waals surface area contributed by atoms with E-state index in [1.165, 1.54) is 18.2 Å². The number of sulfonamides is 1. The molecule has 0 bridgehead atoms. The first-order valence-corrected chi connectivity index (χ1v) is 20.5. The van der Waals surface area contributed by atoms with Gasteiger partial charge in [-0.2, -0.15) is 0 Å². The zero-order chi connectivity index (χ0) is 39.2. The number of benzene rings is 1. The molecule has 1 aromatic heterocycles. The maximum Gasteiger partial charge on any atom is 0.408 e. The molecular formula is C38H50ClN5O9S. The highest BCUT2D eigenvalue weighted by Gasteiger charge is 2.62. The van der Waals surface area contributed by atoms with Crippen molar-refractivity contribution < 1.29 is 41.8 Å². The van der Waals surface area contributed by atoms with E-state index in [0.717, 1.165) is 12.8 Å². The van der Waals surface area contributed by atoms with Crippen LogP contribution in [0.25, 0.3) is 10.8 Å². The Balaban J connectivity index is 1.35. The van der Waals surface area contributed by atoms with Gasteiger partial charge in [0.05, 0.1) is 30.1 Å². The van der Waals surface area contributed by atoms with Crippen molar-refractivity contribution in [3.8, 4) is 11.6 Å². The number of halogens is 1. The lowest BCUT2D eigenvalue weighted by atomic mass is 9.92. The molecule has 1 saturated heterocycles. The zero-order valence-electron chi connectivity index (χ0n) is 31.5. The Morgan fingerprint density at radius 3 is 2.52 bits per heavy atom. The number of fused-ring (bicyclic) bond motifs is 3. The third kappa shape index (κ3) is 8.56. The topological polar surface area (TPSA) is 182 Å². The Morgan fingerprint density at radius 2 is 1.83 bits per heavy atom. The summed E-state index contributed by atoms with van der Waals surface area (Å²) in [6.45, 7) is 9.03. The standard InChI is InChI=1S/C38H50ClN5O9S/c1-21-9-7-10-22(2)31(41-36(48)53-37(3,4)5)34(46)44-20-24(52-33-26-11-8-12-27(39)30(26)29(51-6)19-40-33)17-28(44)32(45)42-38(18-23(38)14-13-21)35(47)43-54(49,50)25-15-16-25/h8,11-14,19,21-25,28,31H,7,9-10,15-18,20H2,1-6H3,(H,41,48)(H,42,45)(H,43,47)/b14-13-/t21?,22-,23-,24-,28+,31+,38-/m1/s1. The van der Waals surface area contributed by atoms with E-state index >= 15 is 0 Å². The number of carbonyl (C=O) groups excluding carboxylic acids is 4. The molecule has 54 heavy (non-hydrogen) atoms. The minimum atomic E-state index is -3.91. The van der Waals surface area contributed by atoms with Gasteiger partial charge in [0.15, 0.2) is 0 Å². The quantitative estimate of drug-likeness (QED) is 0.335. The van der Waals surface area contributed by atoms with Crippen LogP contribution < -0.4 is 24.8 Å². The Labute approximate surface area is 321 Å². The number of amides is 4. The Kier molecular flexibility index (Phi) is 11.1. The monoisotopic (exact) mass is 787 g/mol. The molecule has 3 N–H and O–H groups in total. The molecule has 2 saturated carbocycles. The fourth-order valence-electron chi connectivity index (χ4n) is 7.36. The van der Waals surface area contributed by atoms with Gasteiger partial charge in [0.1, 0.15) is 35.1 Å². The fourth-order valence-corrected chi connectivity index (χ4v) is 8.99. The molecule has 1 aromatic carbocycles. The number of hydrogen-bond donors (Lipinski definition) is 3. The molecule has 14 nitrogen and oxygen atoms in total. The molecule has 2 aliphatic carbocycles. The van der Waals surface area contributed by atoms with Crippen LogP contribution in [0.3, 0.4) is 0 Å². The predicted octanol–water partition coefficient (Wildman–Crippen LogP) is 4.63. The maximum absolute atomic E-state index is 14.7. The molecule has 294 valence electrons. The molecule has 4 aliphatic rings. The fraction of sp³-hybridized carbons (Fsp3) is 0.605. The van der Waals surface area contributed by atoms with Crippen molar-refractivity contribution in [1.82, 2.24) is 25.2 Å². The number of aromatic nitrogens is 1. The van der Waals surface area contributed by atoms with E-state index in [1.807, 2.05) is 26.0 Å². The van der Waals surface area contributed by atoms with E-state index in [9.17, 15) is 27.6 Å². The number of alkyl carbamates (subject to hydrolysis) is 1. The van der Waals surface area contributed by atoms with Crippen LogP contribution in [-0.2, 0) is 29.1 Å². The van der Waals surface area contributed by atoms with Crippen LogP contribution in [0.15, 0.2) is 36.5 Å². The number of ether oxygens (including phenoxy) is 3. The highest BCUT2D eigenvalue weighted by molar-refractivity contribution is 7.91. The molecule has 2 aliphatic heterocycles. The molecule has 3 fully saturated rings. The molecule has 1 unspecified atom stereocenters. The summed E-state index contributed by atoms with van der Waals surface area (Å²) in [4.78, 5) is 61.9. The van der Waals surface area contributed by atoms with Gasteiger partial charge in [-0.05, 0) is 76.8 Å². The molecule has 0 spiro atoms. The molecule has 0 radical (unpaired) electrons. The van der Waals surface area contributed by atoms with E-state index < -0.39 is 74.3 Å². The van der Waals surface area contributed by atoms with Crippen LogP contribution in [0.4, 0.5) is 4.79 Å². The molecular weight excluding hydrogens is 738 g/mol. The van der Waals surface area contributed by atoms with Gasteiger partial charge in [0, 0.05) is 23.1 Å². The first-order chi connectivity index (χ1) is 25.4. The van der Waals surface area contributed by atoms with E-state index in [2.05, 4.69) is 20.3 Å². The third-order valence-electron chi connectivity index (χ3n) is 10.6. The first kappa shape index (κ1) is 39.6. The second-order valence-electron chi connectivity index (χ2n) is 16.1. The summed E-state index contributed by atoms with van der Waals surface area (Å²) in [5.41, 5.74) is -2.36. The number of carbonyl (C=O) groups is 4. The van der Waals surface area contributed by atoms with Crippen molar-refractivity contribution in [3.05, 3.63) is 41.6 Å². The average molecular weight is 788 g/mol. The Bertz CT molecular complexity index is 1950. The first-order valence-electron chi connectivity index (χ1n) is 18.6. The zero-order valence-corrected chi connectivity index (χ0v) is 33.1. The lowest BCUT2D eigenvalue weighted by Crippen LogP contribution is -2.59. The summed E-state index contributed by atoms with van der Waals surface area (Å²) in [5, 5.41) is 6.60. The van der Waals surface area contributed by atoms with Crippen LogP contribution in [0, 0.1) is 17.8 Å². The summed E-state index contributed by atoms with van der Waals surface area (Å²) in [6, 6.07) is 3.04. The van der Waals surface area contributed by atoms with Crippen LogP contribution in [0.1, 0.15) is 79.6 Å². The van der Waals surface area contributed by atoms with Gasteiger partial charge >= 0.3 is 6.09 Å². The van der Waals surface area contributed by atoms with Crippen molar-refractivity contribution >= 4 is 56.2 Å². The van der Waals surface area contributed by atoms with Crippen LogP contribution in [-0.4, -0.2) is 90.3 Å². The summed E-state index contributed by atoms with van der Waals surface area (Å²) < 4.78 is 45.4. The second-order valence-corrected chi connectivity index (χ2v) is 18.5. The summed E-state index contributed by atoms with van der Waals surface area (Å²) in [7, 11) is -2.41.